The second kappa shape index (κ2) is 7.48. The molecule has 0 fully saturated rings. The number of ether oxygens (including phenoxy) is 1. The normalized spacial score (nSPS) is 12.7. The molecule has 0 saturated heterocycles. The first kappa shape index (κ1) is 19.0. The van der Waals surface area contributed by atoms with E-state index in [-0.39, 0.29) is 10.8 Å². The number of imidazole rings is 1. The topological polar surface area (TPSA) is 52.0 Å². The Bertz CT molecular complexity index is 942. The molecule has 5 nitrogen and oxygen atoms in total. The van der Waals surface area contributed by atoms with E-state index in [1.807, 2.05) is 25.2 Å². The van der Waals surface area contributed by atoms with Crippen molar-refractivity contribution >= 4 is 17.4 Å². The number of nitrogens with zero attached hydrogens (tertiary/aromatic N) is 3. The number of methoxy groups -OCH3 is 1. The molecule has 1 aromatic carbocycles. The zero-order valence-electron chi connectivity index (χ0n) is 14.5. The van der Waals surface area contributed by atoms with Crippen molar-refractivity contribution in [2.24, 2.45) is 7.05 Å². The fourth-order valence-electron chi connectivity index (χ4n) is 2.61. The molecule has 1 N–H and O–H groups in total. The maximum absolute atomic E-state index is 12.8. The SMILES string of the molecule is COc1cccc([C@@H](Nc2ncc(C(F)(F)F)cc2Cl)c2nccn2C)c1. The Labute approximate surface area is 158 Å². The summed E-state index contributed by atoms with van der Waals surface area (Å²) >= 11 is 6.05. The van der Waals surface area contributed by atoms with E-state index >= 15 is 0 Å². The van der Waals surface area contributed by atoms with Gasteiger partial charge < -0.3 is 14.6 Å². The molecule has 1 atom stereocenters. The predicted molar refractivity (Wildman–Crippen MR) is 95.9 cm³/mol. The van der Waals surface area contributed by atoms with Crippen LogP contribution in [0.1, 0.15) is 23.0 Å². The largest absolute Gasteiger partial charge is 0.497 e. The summed E-state index contributed by atoms with van der Waals surface area (Å²) in [6.07, 6.45) is -0.367. The van der Waals surface area contributed by atoms with Crippen molar-refractivity contribution in [2.45, 2.75) is 12.2 Å². The van der Waals surface area contributed by atoms with Gasteiger partial charge in [0.25, 0.3) is 0 Å². The van der Waals surface area contributed by atoms with Crippen molar-refractivity contribution in [2.75, 3.05) is 12.4 Å². The van der Waals surface area contributed by atoms with Gasteiger partial charge in [0.2, 0.25) is 0 Å². The quantitative estimate of drug-likeness (QED) is 0.679. The lowest BCUT2D eigenvalue weighted by molar-refractivity contribution is -0.137. The fraction of sp³-hybridized carbons (Fsp3) is 0.222. The monoisotopic (exact) mass is 396 g/mol. The molecule has 3 aromatic rings. The van der Waals surface area contributed by atoms with Crippen LogP contribution in [0.2, 0.25) is 5.02 Å². The third-order valence-electron chi connectivity index (χ3n) is 3.99. The highest BCUT2D eigenvalue weighted by Gasteiger charge is 2.32. The number of benzene rings is 1. The molecule has 0 bridgehead atoms. The molecule has 0 unspecified atom stereocenters. The minimum atomic E-state index is -4.51. The number of nitrogens with one attached hydrogen (secondary N) is 1. The number of hydrogen-bond acceptors (Lipinski definition) is 4. The Morgan fingerprint density at radius 1 is 1.22 bits per heavy atom. The lowest BCUT2D eigenvalue weighted by atomic mass is 10.1. The van der Waals surface area contributed by atoms with Crippen LogP contribution in [-0.4, -0.2) is 21.6 Å². The molecular formula is C18H16ClF3N4O. The second-order valence-corrected chi connectivity index (χ2v) is 6.21. The number of pyridine rings is 1. The van der Waals surface area contributed by atoms with Gasteiger partial charge in [0.05, 0.1) is 17.7 Å². The van der Waals surface area contributed by atoms with Gasteiger partial charge in [0.1, 0.15) is 23.4 Å². The highest BCUT2D eigenvalue weighted by molar-refractivity contribution is 6.33. The Morgan fingerprint density at radius 2 is 2.00 bits per heavy atom. The highest BCUT2D eigenvalue weighted by atomic mass is 35.5. The highest BCUT2D eigenvalue weighted by Crippen LogP contribution is 2.34. The van der Waals surface area contributed by atoms with Crippen LogP contribution in [0, 0.1) is 0 Å². The fourth-order valence-corrected chi connectivity index (χ4v) is 2.83. The van der Waals surface area contributed by atoms with E-state index in [0.29, 0.717) is 11.6 Å². The van der Waals surface area contributed by atoms with Gasteiger partial charge in [-0.05, 0) is 23.8 Å². The number of alkyl halides is 3. The van der Waals surface area contributed by atoms with Crippen LogP contribution in [0.4, 0.5) is 19.0 Å². The Hall–Kier alpha value is -2.74. The van der Waals surface area contributed by atoms with Crippen molar-refractivity contribution < 1.29 is 17.9 Å². The van der Waals surface area contributed by atoms with E-state index in [2.05, 4.69) is 15.3 Å². The zero-order chi connectivity index (χ0) is 19.6. The summed E-state index contributed by atoms with van der Waals surface area (Å²) < 4.78 is 45.6. The number of halogens is 4. The van der Waals surface area contributed by atoms with E-state index in [1.54, 1.807) is 30.1 Å². The number of aryl methyl sites for hydroxylation is 1. The molecular weight excluding hydrogens is 381 g/mol. The minimum absolute atomic E-state index is 0.125. The molecule has 0 amide bonds. The lowest BCUT2D eigenvalue weighted by Gasteiger charge is -2.21. The maximum atomic E-state index is 12.8. The average Bonchev–Trinajstić information content (AvgIpc) is 3.05. The first-order chi connectivity index (χ1) is 12.8. The molecule has 0 spiro atoms. The molecule has 3 rings (SSSR count). The van der Waals surface area contributed by atoms with Gasteiger partial charge in [0, 0.05) is 25.6 Å². The standard InChI is InChI=1S/C18H16ClF3N4O/c1-26-7-6-23-17(26)15(11-4-3-5-13(8-11)27-2)25-16-14(19)9-12(10-24-16)18(20,21)22/h3-10,15H,1-2H3,(H,24,25)/t15-/m1/s1. The molecule has 2 heterocycles. The van der Waals surface area contributed by atoms with Crippen molar-refractivity contribution in [1.29, 1.82) is 0 Å². The number of rotatable bonds is 5. The van der Waals surface area contributed by atoms with Crippen molar-refractivity contribution in [3.63, 3.8) is 0 Å². The third-order valence-corrected chi connectivity index (χ3v) is 4.28. The maximum Gasteiger partial charge on any atom is 0.417 e. The van der Waals surface area contributed by atoms with E-state index in [9.17, 15) is 13.2 Å². The van der Waals surface area contributed by atoms with Crippen LogP contribution in [-0.2, 0) is 13.2 Å². The third kappa shape index (κ3) is 4.16. The summed E-state index contributed by atoms with van der Waals surface area (Å²) in [4.78, 5) is 8.20. The summed E-state index contributed by atoms with van der Waals surface area (Å²) in [5.41, 5.74) is -0.116. The van der Waals surface area contributed by atoms with Gasteiger partial charge in [-0.1, -0.05) is 23.7 Å². The van der Waals surface area contributed by atoms with Crippen LogP contribution >= 0.6 is 11.6 Å². The zero-order valence-corrected chi connectivity index (χ0v) is 15.2. The van der Waals surface area contributed by atoms with Crippen molar-refractivity contribution in [3.8, 4) is 5.75 Å². The van der Waals surface area contributed by atoms with E-state index < -0.39 is 17.8 Å². The molecule has 0 aliphatic heterocycles. The molecule has 2 aromatic heterocycles. The molecule has 0 radical (unpaired) electrons. The summed E-state index contributed by atoms with van der Waals surface area (Å²) in [5, 5.41) is 2.96. The van der Waals surface area contributed by atoms with Crippen LogP contribution in [0.15, 0.2) is 48.9 Å². The number of aromatic nitrogens is 3. The summed E-state index contributed by atoms with van der Waals surface area (Å²) in [5.74, 6) is 1.40. The smallest absolute Gasteiger partial charge is 0.417 e. The molecule has 0 aliphatic carbocycles. The average molecular weight is 397 g/mol. The van der Waals surface area contributed by atoms with Gasteiger partial charge in [-0.15, -0.1) is 0 Å². The van der Waals surface area contributed by atoms with E-state index in [1.165, 1.54) is 0 Å². The first-order valence-electron chi connectivity index (χ1n) is 7.90. The molecule has 0 aliphatic rings. The van der Waals surface area contributed by atoms with Crippen molar-refractivity contribution in [1.82, 2.24) is 14.5 Å². The Morgan fingerprint density at radius 3 is 2.59 bits per heavy atom. The van der Waals surface area contributed by atoms with Crippen molar-refractivity contribution in [3.05, 3.63) is 70.9 Å². The van der Waals surface area contributed by atoms with E-state index in [4.69, 9.17) is 16.3 Å². The van der Waals surface area contributed by atoms with E-state index in [0.717, 1.165) is 17.8 Å². The second-order valence-electron chi connectivity index (χ2n) is 5.80. The number of hydrogen-bond donors (Lipinski definition) is 1. The van der Waals surface area contributed by atoms with Gasteiger partial charge >= 0.3 is 6.18 Å². The minimum Gasteiger partial charge on any atom is -0.497 e. The van der Waals surface area contributed by atoms with Crippen LogP contribution in [0.3, 0.4) is 0 Å². The Kier molecular flexibility index (Phi) is 5.27. The first-order valence-corrected chi connectivity index (χ1v) is 8.28. The molecule has 9 heteroatoms. The molecule has 142 valence electrons. The number of anilines is 1. The molecule has 27 heavy (non-hydrogen) atoms. The summed E-state index contributed by atoms with van der Waals surface area (Å²) in [7, 11) is 3.37. The van der Waals surface area contributed by atoms with Crippen LogP contribution < -0.4 is 10.1 Å². The van der Waals surface area contributed by atoms with Gasteiger partial charge in [0.15, 0.2) is 0 Å². The van der Waals surface area contributed by atoms with Crippen LogP contribution in [0.5, 0.6) is 5.75 Å². The van der Waals surface area contributed by atoms with Gasteiger partial charge in [-0.25, -0.2) is 9.97 Å². The predicted octanol–water partition coefficient (Wildman–Crippen LogP) is 4.70. The Balaban J connectivity index is 2.01. The summed E-state index contributed by atoms with van der Waals surface area (Å²) in [6, 6.07) is 7.62. The van der Waals surface area contributed by atoms with Gasteiger partial charge in [-0.2, -0.15) is 13.2 Å². The summed E-state index contributed by atoms with van der Waals surface area (Å²) in [6.45, 7) is 0. The van der Waals surface area contributed by atoms with Gasteiger partial charge in [-0.3, -0.25) is 0 Å². The molecule has 0 saturated carbocycles. The van der Waals surface area contributed by atoms with Crippen LogP contribution in [0.25, 0.3) is 0 Å². The lowest BCUT2D eigenvalue weighted by Crippen LogP contribution is -2.18.